The third-order valence-corrected chi connectivity index (χ3v) is 8.07. The fraction of sp³-hybridized carbons (Fsp3) is 0.167. The van der Waals surface area contributed by atoms with Gasteiger partial charge in [0, 0.05) is 6.07 Å². The quantitative estimate of drug-likeness (QED) is 0.353. The minimum Gasteiger partial charge on any atom is -0.486 e. The minimum atomic E-state index is -4.07. The van der Waals surface area contributed by atoms with Crippen molar-refractivity contribution in [3.8, 4) is 11.5 Å². The molecule has 5 rings (SSSR count). The van der Waals surface area contributed by atoms with Crippen LogP contribution in [0.5, 0.6) is 11.5 Å². The summed E-state index contributed by atoms with van der Waals surface area (Å²) >= 11 is 0. The molecule has 0 aliphatic carbocycles. The van der Waals surface area contributed by atoms with Gasteiger partial charge in [0.25, 0.3) is 10.0 Å². The largest absolute Gasteiger partial charge is 0.486 e. The van der Waals surface area contributed by atoms with Crippen LogP contribution in [0.1, 0.15) is 22.7 Å². The SMILES string of the molecule is Cc1ccc([C@@H](NC(=O)CN(c2ccc3c(c2)OCCO3)S(=O)(=O)c2ccccc2)c2ccccc2)cc1. The normalized spacial score (nSPS) is 13.4. The van der Waals surface area contributed by atoms with Crippen LogP contribution in [-0.4, -0.2) is 34.1 Å². The first-order valence-electron chi connectivity index (χ1n) is 12.3. The molecule has 0 aromatic heterocycles. The molecule has 0 fully saturated rings. The third kappa shape index (κ3) is 5.50. The Balaban J connectivity index is 1.49. The molecule has 4 aromatic carbocycles. The van der Waals surface area contributed by atoms with Crippen LogP contribution < -0.4 is 19.1 Å². The molecule has 0 radical (unpaired) electrons. The molecule has 4 aromatic rings. The number of rotatable bonds is 8. The molecule has 1 atom stereocenters. The summed E-state index contributed by atoms with van der Waals surface area (Å²) in [6, 6.07) is 30.0. The number of ether oxygens (including phenoxy) is 2. The lowest BCUT2D eigenvalue weighted by molar-refractivity contribution is -0.120. The molecule has 0 spiro atoms. The number of nitrogens with one attached hydrogen (secondary N) is 1. The lowest BCUT2D eigenvalue weighted by Gasteiger charge is -2.27. The highest BCUT2D eigenvalue weighted by molar-refractivity contribution is 7.92. The fourth-order valence-electron chi connectivity index (χ4n) is 4.32. The highest BCUT2D eigenvalue weighted by atomic mass is 32.2. The van der Waals surface area contributed by atoms with Gasteiger partial charge in [0.05, 0.1) is 16.6 Å². The summed E-state index contributed by atoms with van der Waals surface area (Å²) in [5.74, 6) is 0.517. The van der Waals surface area contributed by atoms with Gasteiger partial charge in [-0.15, -0.1) is 0 Å². The van der Waals surface area contributed by atoms with Crippen molar-refractivity contribution in [2.24, 2.45) is 0 Å². The number of benzene rings is 4. The number of carbonyl (C=O) groups is 1. The van der Waals surface area contributed by atoms with Gasteiger partial charge in [-0.2, -0.15) is 0 Å². The summed E-state index contributed by atoms with van der Waals surface area (Å²) in [5.41, 5.74) is 3.19. The first-order chi connectivity index (χ1) is 18.4. The Morgan fingerprint density at radius 1 is 0.816 bits per heavy atom. The molecule has 1 amide bonds. The Labute approximate surface area is 222 Å². The van der Waals surface area contributed by atoms with Crippen LogP contribution >= 0.6 is 0 Å². The van der Waals surface area contributed by atoms with Gasteiger partial charge >= 0.3 is 0 Å². The topological polar surface area (TPSA) is 84.9 Å². The number of sulfonamides is 1. The molecule has 0 unspecified atom stereocenters. The van der Waals surface area contributed by atoms with Crippen molar-refractivity contribution in [2.75, 3.05) is 24.1 Å². The number of fused-ring (bicyclic) bond motifs is 1. The lowest BCUT2D eigenvalue weighted by atomic mass is 9.98. The van der Waals surface area contributed by atoms with Crippen molar-refractivity contribution in [1.82, 2.24) is 5.32 Å². The predicted octanol–water partition coefficient (Wildman–Crippen LogP) is 4.87. The van der Waals surface area contributed by atoms with E-state index >= 15 is 0 Å². The zero-order chi connectivity index (χ0) is 26.5. The van der Waals surface area contributed by atoms with Crippen LogP contribution in [0.25, 0.3) is 0 Å². The maximum atomic E-state index is 13.8. The second-order valence-corrected chi connectivity index (χ2v) is 10.8. The van der Waals surface area contributed by atoms with Gasteiger partial charge in [0.2, 0.25) is 5.91 Å². The Morgan fingerprint density at radius 3 is 2.11 bits per heavy atom. The van der Waals surface area contributed by atoms with E-state index in [1.54, 1.807) is 36.4 Å². The van der Waals surface area contributed by atoms with Gasteiger partial charge in [-0.3, -0.25) is 9.10 Å². The molecule has 0 saturated carbocycles. The van der Waals surface area contributed by atoms with E-state index in [0.717, 1.165) is 21.0 Å². The zero-order valence-corrected chi connectivity index (χ0v) is 21.7. The standard InChI is InChI=1S/C30H28N2O5S/c1-22-12-14-24(15-13-22)30(23-8-4-2-5-9-23)31-29(33)21-32(38(34,35)26-10-6-3-7-11-26)25-16-17-27-28(20-25)37-19-18-36-27/h2-17,20,30H,18-19,21H2,1H3,(H,31,33)/t30-/m0/s1. The molecule has 0 bridgehead atoms. The van der Waals surface area contributed by atoms with Crippen LogP contribution in [0, 0.1) is 6.92 Å². The summed E-state index contributed by atoms with van der Waals surface area (Å²) in [6.07, 6.45) is 0. The van der Waals surface area contributed by atoms with E-state index in [9.17, 15) is 13.2 Å². The van der Waals surface area contributed by atoms with E-state index in [4.69, 9.17) is 9.47 Å². The fourth-order valence-corrected chi connectivity index (χ4v) is 5.76. The third-order valence-electron chi connectivity index (χ3n) is 6.28. The smallest absolute Gasteiger partial charge is 0.264 e. The van der Waals surface area contributed by atoms with Crippen LogP contribution in [-0.2, 0) is 14.8 Å². The molecule has 8 heteroatoms. The number of carbonyl (C=O) groups excluding carboxylic acids is 1. The van der Waals surface area contributed by atoms with Crippen LogP contribution in [0.3, 0.4) is 0 Å². The molecule has 0 saturated heterocycles. The van der Waals surface area contributed by atoms with E-state index in [0.29, 0.717) is 30.4 Å². The lowest BCUT2D eigenvalue weighted by Crippen LogP contribution is -2.42. The Bertz CT molecular complexity index is 1510. The molecule has 1 N–H and O–H groups in total. The van der Waals surface area contributed by atoms with Gasteiger partial charge < -0.3 is 14.8 Å². The number of aryl methyl sites for hydroxylation is 1. The van der Waals surface area contributed by atoms with Crippen LogP contribution in [0.4, 0.5) is 5.69 Å². The van der Waals surface area contributed by atoms with E-state index in [1.165, 1.54) is 12.1 Å². The average molecular weight is 529 g/mol. The number of nitrogens with zero attached hydrogens (tertiary/aromatic N) is 1. The number of hydrogen-bond acceptors (Lipinski definition) is 5. The van der Waals surface area contributed by atoms with Gasteiger partial charge in [-0.1, -0.05) is 78.4 Å². The van der Waals surface area contributed by atoms with Crippen molar-refractivity contribution in [3.05, 3.63) is 120 Å². The molecular weight excluding hydrogens is 500 g/mol. The zero-order valence-electron chi connectivity index (χ0n) is 20.9. The summed E-state index contributed by atoms with van der Waals surface area (Å²) in [6.45, 7) is 2.35. The Kier molecular flexibility index (Phi) is 7.33. The maximum Gasteiger partial charge on any atom is 0.264 e. The summed E-state index contributed by atoms with van der Waals surface area (Å²) < 4.78 is 39.9. The van der Waals surface area contributed by atoms with Crippen molar-refractivity contribution in [1.29, 1.82) is 0 Å². The van der Waals surface area contributed by atoms with Crippen LogP contribution in [0.15, 0.2) is 108 Å². The van der Waals surface area contributed by atoms with Gasteiger partial charge in [0.1, 0.15) is 19.8 Å². The van der Waals surface area contributed by atoms with Gasteiger partial charge in [-0.25, -0.2) is 8.42 Å². The van der Waals surface area contributed by atoms with E-state index in [1.807, 2.05) is 61.5 Å². The predicted molar refractivity (Wildman–Crippen MR) is 146 cm³/mol. The number of hydrogen-bond donors (Lipinski definition) is 1. The molecule has 38 heavy (non-hydrogen) atoms. The molecular formula is C30H28N2O5S. The first kappa shape index (κ1) is 25.4. The molecule has 7 nitrogen and oxygen atoms in total. The van der Waals surface area contributed by atoms with Gasteiger partial charge in [0.15, 0.2) is 11.5 Å². The van der Waals surface area contributed by atoms with E-state index in [2.05, 4.69) is 5.32 Å². The highest BCUT2D eigenvalue weighted by Gasteiger charge is 2.29. The summed E-state index contributed by atoms with van der Waals surface area (Å²) in [5, 5.41) is 3.05. The van der Waals surface area contributed by atoms with Crippen LogP contribution in [0.2, 0.25) is 0 Å². The maximum absolute atomic E-state index is 13.8. The second-order valence-electron chi connectivity index (χ2n) is 8.97. The molecule has 1 aliphatic heterocycles. The van der Waals surface area contributed by atoms with Crippen molar-refractivity contribution in [3.63, 3.8) is 0 Å². The molecule has 1 heterocycles. The average Bonchev–Trinajstić information content (AvgIpc) is 2.96. The minimum absolute atomic E-state index is 0.0841. The first-order valence-corrected chi connectivity index (χ1v) is 13.7. The van der Waals surface area contributed by atoms with Crippen molar-refractivity contribution < 1.29 is 22.7 Å². The van der Waals surface area contributed by atoms with E-state index < -0.39 is 28.5 Å². The molecule has 1 aliphatic rings. The monoisotopic (exact) mass is 528 g/mol. The van der Waals surface area contributed by atoms with Gasteiger partial charge in [-0.05, 0) is 42.3 Å². The highest BCUT2D eigenvalue weighted by Crippen LogP contribution is 2.36. The Morgan fingerprint density at radius 2 is 1.42 bits per heavy atom. The van der Waals surface area contributed by atoms with Crippen molar-refractivity contribution in [2.45, 2.75) is 17.9 Å². The Hall–Kier alpha value is -4.30. The van der Waals surface area contributed by atoms with Crippen molar-refractivity contribution >= 4 is 21.6 Å². The summed E-state index contributed by atoms with van der Waals surface area (Å²) in [7, 11) is -4.07. The van der Waals surface area contributed by atoms with E-state index in [-0.39, 0.29) is 4.90 Å². The summed E-state index contributed by atoms with van der Waals surface area (Å²) in [4.78, 5) is 13.6. The molecule has 194 valence electrons. The second kappa shape index (κ2) is 11.0. The number of amides is 1. The number of anilines is 1.